The third kappa shape index (κ3) is 3.03. The van der Waals surface area contributed by atoms with Crippen LogP contribution in [0.3, 0.4) is 0 Å². The third-order valence-corrected chi connectivity index (χ3v) is 2.15. The van der Waals surface area contributed by atoms with Crippen molar-refractivity contribution in [3.63, 3.8) is 0 Å². The van der Waals surface area contributed by atoms with E-state index in [0.717, 1.165) is 15.6 Å². The van der Waals surface area contributed by atoms with E-state index in [1.165, 1.54) is 6.08 Å². The Hall–Kier alpha value is -1.09. The van der Waals surface area contributed by atoms with Crippen LogP contribution >= 0.6 is 15.9 Å². The van der Waals surface area contributed by atoms with E-state index in [0.29, 0.717) is 0 Å². The molecule has 1 amide bonds. The Morgan fingerprint density at radius 3 is 2.77 bits per heavy atom. The summed E-state index contributed by atoms with van der Waals surface area (Å²) in [6.45, 7) is 1.98. The number of carbonyl (C=O) groups is 1. The summed E-state index contributed by atoms with van der Waals surface area (Å²) in [5, 5.41) is 0. The van der Waals surface area contributed by atoms with E-state index in [9.17, 15) is 4.79 Å². The van der Waals surface area contributed by atoms with Crippen molar-refractivity contribution in [3.8, 4) is 0 Å². The van der Waals surface area contributed by atoms with Gasteiger partial charge in [-0.25, -0.2) is 0 Å². The molecule has 0 aliphatic carbocycles. The molecule has 68 valence electrons. The summed E-state index contributed by atoms with van der Waals surface area (Å²) in [6, 6.07) is 5.84. The van der Waals surface area contributed by atoms with Crippen molar-refractivity contribution in [2.24, 2.45) is 5.73 Å². The highest BCUT2D eigenvalue weighted by Gasteiger charge is 1.94. The normalized spacial score (nSPS) is 10.6. The Balaban J connectivity index is 2.96. The number of benzene rings is 1. The average Bonchev–Trinajstić information content (AvgIpc) is 2.02. The predicted molar refractivity (Wildman–Crippen MR) is 57.1 cm³/mol. The maximum absolute atomic E-state index is 10.5. The maximum Gasteiger partial charge on any atom is 0.241 e. The fourth-order valence-corrected chi connectivity index (χ4v) is 1.47. The monoisotopic (exact) mass is 239 g/mol. The Labute approximate surface area is 85.6 Å². The lowest BCUT2D eigenvalue weighted by atomic mass is 10.1. The first-order valence-electron chi connectivity index (χ1n) is 3.83. The average molecular weight is 240 g/mol. The molecule has 13 heavy (non-hydrogen) atoms. The lowest BCUT2D eigenvalue weighted by Crippen LogP contribution is -2.05. The van der Waals surface area contributed by atoms with Crippen LogP contribution in [0.25, 0.3) is 6.08 Å². The van der Waals surface area contributed by atoms with Crippen molar-refractivity contribution in [2.75, 3.05) is 0 Å². The van der Waals surface area contributed by atoms with Crippen molar-refractivity contribution in [1.29, 1.82) is 0 Å². The summed E-state index contributed by atoms with van der Waals surface area (Å²) in [7, 11) is 0. The molecule has 0 saturated carbocycles. The van der Waals surface area contributed by atoms with Gasteiger partial charge in [0.05, 0.1) is 0 Å². The molecule has 0 aliphatic rings. The number of hydrogen-bond acceptors (Lipinski definition) is 1. The topological polar surface area (TPSA) is 43.1 Å². The van der Waals surface area contributed by atoms with Gasteiger partial charge in [-0.05, 0) is 36.3 Å². The van der Waals surface area contributed by atoms with Gasteiger partial charge in [0.25, 0.3) is 0 Å². The van der Waals surface area contributed by atoms with Gasteiger partial charge in [0.15, 0.2) is 0 Å². The Morgan fingerprint density at radius 1 is 1.54 bits per heavy atom. The molecule has 1 rings (SSSR count). The van der Waals surface area contributed by atoms with Gasteiger partial charge < -0.3 is 5.73 Å². The van der Waals surface area contributed by atoms with Crippen LogP contribution in [-0.2, 0) is 4.79 Å². The van der Waals surface area contributed by atoms with E-state index < -0.39 is 5.91 Å². The van der Waals surface area contributed by atoms with Crippen molar-refractivity contribution in [1.82, 2.24) is 0 Å². The summed E-state index contributed by atoms with van der Waals surface area (Å²) in [6.07, 6.45) is 3.07. The van der Waals surface area contributed by atoms with Gasteiger partial charge in [-0.2, -0.15) is 0 Å². The molecule has 1 aromatic rings. The zero-order valence-electron chi connectivity index (χ0n) is 7.25. The maximum atomic E-state index is 10.5. The van der Waals surface area contributed by atoms with Crippen molar-refractivity contribution < 1.29 is 4.79 Å². The zero-order chi connectivity index (χ0) is 9.84. The summed E-state index contributed by atoms with van der Waals surface area (Å²) >= 11 is 3.36. The predicted octanol–water partition coefficient (Wildman–Crippen LogP) is 2.26. The van der Waals surface area contributed by atoms with Crippen LogP contribution in [0.5, 0.6) is 0 Å². The summed E-state index contributed by atoms with van der Waals surface area (Å²) in [5.41, 5.74) is 7.09. The summed E-state index contributed by atoms with van der Waals surface area (Å²) in [4.78, 5) is 10.5. The number of primary amides is 1. The minimum Gasteiger partial charge on any atom is -0.366 e. The van der Waals surface area contributed by atoms with Crippen LogP contribution in [-0.4, -0.2) is 5.91 Å². The number of amides is 1. The standard InChI is InChI=1S/C10H10BrNO/c1-7-6-9(11)4-2-8(7)3-5-10(12)13/h2-6H,1H3,(H2,12,13). The van der Waals surface area contributed by atoms with E-state index in [2.05, 4.69) is 15.9 Å². The van der Waals surface area contributed by atoms with Gasteiger partial charge >= 0.3 is 0 Å². The number of carbonyl (C=O) groups excluding carboxylic acids is 1. The van der Waals surface area contributed by atoms with E-state index >= 15 is 0 Å². The van der Waals surface area contributed by atoms with E-state index in [-0.39, 0.29) is 0 Å². The van der Waals surface area contributed by atoms with Gasteiger partial charge in [-0.1, -0.05) is 22.0 Å². The lowest BCUT2D eigenvalue weighted by Gasteiger charge is -1.99. The second-order valence-corrected chi connectivity index (χ2v) is 3.65. The first-order valence-corrected chi connectivity index (χ1v) is 4.62. The second-order valence-electron chi connectivity index (χ2n) is 2.74. The number of hydrogen-bond donors (Lipinski definition) is 1. The van der Waals surface area contributed by atoms with Crippen molar-refractivity contribution in [2.45, 2.75) is 6.92 Å². The Bertz CT molecular complexity index is 358. The van der Waals surface area contributed by atoms with Gasteiger partial charge in [0, 0.05) is 10.5 Å². The quantitative estimate of drug-likeness (QED) is 0.791. The molecular weight excluding hydrogens is 230 g/mol. The molecule has 0 heterocycles. The van der Waals surface area contributed by atoms with E-state index in [1.54, 1.807) is 6.08 Å². The molecular formula is C10H10BrNO. The highest BCUT2D eigenvalue weighted by Crippen LogP contribution is 2.16. The molecule has 0 aromatic heterocycles. The second kappa shape index (κ2) is 4.23. The molecule has 0 fully saturated rings. The number of aryl methyl sites for hydroxylation is 1. The van der Waals surface area contributed by atoms with Gasteiger partial charge in [-0.3, -0.25) is 4.79 Å². The molecule has 0 radical (unpaired) electrons. The van der Waals surface area contributed by atoms with Gasteiger partial charge in [0.2, 0.25) is 5.91 Å². The minimum atomic E-state index is -0.428. The highest BCUT2D eigenvalue weighted by molar-refractivity contribution is 9.10. The Morgan fingerprint density at radius 2 is 2.23 bits per heavy atom. The largest absolute Gasteiger partial charge is 0.366 e. The molecule has 2 nitrogen and oxygen atoms in total. The van der Waals surface area contributed by atoms with Crippen LogP contribution in [0.2, 0.25) is 0 Å². The lowest BCUT2D eigenvalue weighted by molar-refractivity contribution is -0.113. The summed E-state index contributed by atoms with van der Waals surface area (Å²) in [5.74, 6) is -0.428. The molecule has 1 aromatic carbocycles. The summed E-state index contributed by atoms with van der Waals surface area (Å²) < 4.78 is 1.03. The molecule has 0 atom stereocenters. The van der Waals surface area contributed by atoms with Crippen LogP contribution in [0, 0.1) is 6.92 Å². The van der Waals surface area contributed by atoms with E-state index in [1.807, 2.05) is 25.1 Å². The first kappa shape index (κ1) is 9.99. The molecule has 2 N–H and O–H groups in total. The molecule has 0 spiro atoms. The number of rotatable bonds is 2. The van der Waals surface area contributed by atoms with E-state index in [4.69, 9.17) is 5.73 Å². The smallest absolute Gasteiger partial charge is 0.241 e. The van der Waals surface area contributed by atoms with Crippen LogP contribution in [0.1, 0.15) is 11.1 Å². The van der Waals surface area contributed by atoms with Crippen LogP contribution in [0.4, 0.5) is 0 Å². The Kier molecular flexibility index (Phi) is 3.25. The molecule has 0 unspecified atom stereocenters. The zero-order valence-corrected chi connectivity index (χ0v) is 8.84. The van der Waals surface area contributed by atoms with Gasteiger partial charge in [0.1, 0.15) is 0 Å². The molecule has 3 heteroatoms. The molecule has 0 saturated heterocycles. The highest BCUT2D eigenvalue weighted by atomic mass is 79.9. The first-order chi connectivity index (χ1) is 6.09. The van der Waals surface area contributed by atoms with Gasteiger partial charge in [-0.15, -0.1) is 0 Å². The van der Waals surface area contributed by atoms with Crippen LogP contribution in [0.15, 0.2) is 28.7 Å². The SMILES string of the molecule is Cc1cc(Br)ccc1C=CC(N)=O. The fraction of sp³-hybridized carbons (Fsp3) is 0.100. The minimum absolute atomic E-state index is 0.428. The number of halogens is 1. The van der Waals surface area contributed by atoms with Crippen molar-refractivity contribution in [3.05, 3.63) is 39.9 Å². The molecule has 0 aliphatic heterocycles. The number of nitrogens with two attached hydrogens (primary N) is 1. The fourth-order valence-electron chi connectivity index (χ4n) is 0.998. The third-order valence-electron chi connectivity index (χ3n) is 1.66. The molecule has 0 bridgehead atoms. The van der Waals surface area contributed by atoms with Crippen LogP contribution < -0.4 is 5.73 Å². The van der Waals surface area contributed by atoms with Crippen molar-refractivity contribution >= 4 is 27.9 Å².